The Labute approximate surface area is 187 Å². The van der Waals surface area contributed by atoms with Crippen LogP contribution in [-0.2, 0) is 9.47 Å². The average molecular weight is 444 g/mol. The van der Waals surface area contributed by atoms with Gasteiger partial charge in [-0.1, -0.05) is 23.7 Å². The number of nitrogens with one attached hydrogen (secondary N) is 2. The summed E-state index contributed by atoms with van der Waals surface area (Å²) in [4.78, 5) is 33.9. The molecule has 10 nitrogen and oxygen atoms in total. The van der Waals surface area contributed by atoms with Gasteiger partial charge in [0.1, 0.15) is 11.2 Å². The van der Waals surface area contributed by atoms with Gasteiger partial charge in [-0.3, -0.25) is 10.1 Å². The van der Waals surface area contributed by atoms with E-state index in [9.17, 15) is 19.7 Å². The number of nitro groups is 1. The molecule has 0 unspecified atom stereocenters. The lowest BCUT2D eigenvalue weighted by Crippen LogP contribution is -2.32. The predicted molar refractivity (Wildman–Crippen MR) is 120 cm³/mol. The van der Waals surface area contributed by atoms with Crippen LogP contribution in [0.5, 0.6) is 0 Å². The van der Waals surface area contributed by atoms with Gasteiger partial charge in [-0.05, 0) is 41.5 Å². The van der Waals surface area contributed by atoms with Crippen LogP contribution in [0.3, 0.4) is 0 Å². The van der Waals surface area contributed by atoms with E-state index in [0.29, 0.717) is 0 Å². The van der Waals surface area contributed by atoms with Crippen LogP contribution in [0.4, 0.5) is 21.0 Å². The van der Waals surface area contributed by atoms with Crippen LogP contribution in [0.15, 0.2) is 12.1 Å². The predicted octanol–water partition coefficient (Wildman–Crippen LogP) is 2.93. The molecule has 0 bridgehead atoms. The number of carbonyl (C=O) groups is 2. The quantitative estimate of drug-likeness (QED) is 0.281. The molecule has 0 aliphatic heterocycles. The van der Waals surface area contributed by atoms with Gasteiger partial charge >= 0.3 is 12.2 Å². The Morgan fingerprint density at radius 1 is 0.938 bits per heavy atom. The summed E-state index contributed by atoms with van der Waals surface area (Å²) in [6.45, 7) is 10.3. The number of anilines is 1. The Hall–Kier alpha value is -3.92. The molecule has 4 N–H and O–H groups in total. The summed E-state index contributed by atoms with van der Waals surface area (Å²) in [5.74, 6) is 10.7. The number of carbonyl (C=O) groups excluding carboxylic acids is 2. The van der Waals surface area contributed by atoms with Crippen molar-refractivity contribution in [1.29, 1.82) is 0 Å². The van der Waals surface area contributed by atoms with Crippen molar-refractivity contribution in [2.24, 2.45) is 0 Å². The van der Waals surface area contributed by atoms with Crippen LogP contribution in [0.25, 0.3) is 0 Å². The second kappa shape index (κ2) is 10.9. The van der Waals surface area contributed by atoms with Crippen LogP contribution in [0.1, 0.15) is 52.7 Å². The molecule has 0 spiro atoms. The van der Waals surface area contributed by atoms with Crippen molar-refractivity contribution >= 4 is 23.6 Å². The fourth-order valence-corrected chi connectivity index (χ4v) is 2.09. The second-order valence-corrected chi connectivity index (χ2v) is 8.53. The average Bonchev–Trinajstić information content (AvgIpc) is 2.61. The van der Waals surface area contributed by atoms with Crippen molar-refractivity contribution in [2.45, 2.75) is 52.7 Å². The number of nitrogens with zero attached hydrogens (tertiary/aromatic N) is 1. The summed E-state index contributed by atoms with van der Waals surface area (Å²) in [7, 11) is 0. The first-order valence-corrected chi connectivity index (χ1v) is 9.67. The smallest absolute Gasteiger partial charge is 0.408 e. The first-order valence-electron chi connectivity index (χ1n) is 9.67. The summed E-state index contributed by atoms with van der Waals surface area (Å²) in [5, 5.41) is 16.2. The van der Waals surface area contributed by atoms with Gasteiger partial charge in [-0.25, -0.2) is 9.59 Å². The number of nitrogens with two attached hydrogens (primary N) is 1. The van der Waals surface area contributed by atoms with Gasteiger partial charge in [-0.2, -0.15) is 0 Å². The normalized spacial score (nSPS) is 10.6. The van der Waals surface area contributed by atoms with Gasteiger partial charge in [0.25, 0.3) is 5.69 Å². The highest BCUT2D eigenvalue weighted by atomic mass is 16.6. The molecule has 0 heterocycles. The topological polar surface area (TPSA) is 146 Å². The summed E-state index contributed by atoms with van der Waals surface area (Å²) in [6.07, 6.45) is -1.27. The summed E-state index contributed by atoms with van der Waals surface area (Å²) in [5.41, 5.74) is 5.04. The number of non-ortho nitro benzene ring substituents is 1. The number of rotatable bonds is 3. The van der Waals surface area contributed by atoms with Crippen molar-refractivity contribution in [3.8, 4) is 23.7 Å². The second-order valence-electron chi connectivity index (χ2n) is 8.53. The van der Waals surface area contributed by atoms with Crippen LogP contribution >= 0.6 is 0 Å². The van der Waals surface area contributed by atoms with E-state index in [1.807, 2.05) is 0 Å². The van der Waals surface area contributed by atoms with E-state index < -0.39 is 28.3 Å². The molecule has 0 aliphatic rings. The van der Waals surface area contributed by atoms with Crippen molar-refractivity contribution in [2.75, 3.05) is 18.8 Å². The minimum atomic E-state index is -0.645. The Bertz CT molecular complexity index is 927. The zero-order chi connectivity index (χ0) is 24.5. The third-order valence-corrected chi connectivity index (χ3v) is 3.26. The van der Waals surface area contributed by atoms with E-state index in [4.69, 9.17) is 15.2 Å². The first kappa shape index (κ1) is 26.1. The van der Waals surface area contributed by atoms with Crippen LogP contribution < -0.4 is 16.4 Å². The summed E-state index contributed by atoms with van der Waals surface area (Å²) < 4.78 is 10.2. The van der Waals surface area contributed by atoms with Gasteiger partial charge in [-0.15, -0.1) is 0 Å². The molecule has 1 aromatic rings. The van der Waals surface area contributed by atoms with E-state index in [1.54, 1.807) is 41.5 Å². The first-order chi connectivity index (χ1) is 14.7. The van der Waals surface area contributed by atoms with Gasteiger partial charge in [0.15, 0.2) is 0 Å². The molecule has 0 fully saturated rings. The molecular weight excluding hydrogens is 416 g/mol. The third-order valence-electron chi connectivity index (χ3n) is 3.26. The van der Waals surface area contributed by atoms with Gasteiger partial charge in [0.2, 0.25) is 0 Å². The highest BCUT2D eigenvalue weighted by Gasteiger charge is 2.16. The Balaban J connectivity index is 2.93. The van der Waals surface area contributed by atoms with Crippen molar-refractivity contribution in [3.63, 3.8) is 0 Å². The standard InChI is InChI=1S/C22H28N4O6/c1-21(2,3)31-19(27)24-11-7-9-15-13-17(26(29)30)14-16(18(15)23)10-8-12-25-20(28)32-22(4,5)6/h13-14H,11-12,23H2,1-6H3,(H,24,27)(H,25,28). The molecule has 10 heteroatoms. The highest BCUT2D eigenvalue weighted by molar-refractivity contribution is 5.71. The molecule has 1 aromatic carbocycles. The lowest BCUT2D eigenvalue weighted by atomic mass is 10.1. The maximum atomic E-state index is 11.6. The maximum absolute atomic E-state index is 11.6. The van der Waals surface area contributed by atoms with Gasteiger partial charge in [0.05, 0.1) is 34.8 Å². The third kappa shape index (κ3) is 10.2. The maximum Gasteiger partial charge on any atom is 0.408 e. The lowest BCUT2D eigenvalue weighted by molar-refractivity contribution is -0.384. The molecule has 172 valence electrons. The van der Waals surface area contributed by atoms with E-state index in [1.165, 1.54) is 12.1 Å². The van der Waals surface area contributed by atoms with Crippen LogP contribution in [0.2, 0.25) is 0 Å². The minimum absolute atomic E-state index is 0.0438. The molecule has 32 heavy (non-hydrogen) atoms. The molecule has 0 aromatic heterocycles. The fraction of sp³-hybridized carbons (Fsp3) is 0.455. The largest absolute Gasteiger partial charge is 0.444 e. The lowest BCUT2D eigenvalue weighted by Gasteiger charge is -2.19. The van der Waals surface area contributed by atoms with Gasteiger partial charge < -0.3 is 25.8 Å². The van der Waals surface area contributed by atoms with Crippen LogP contribution in [-0.4, -0.2) is 41.4 Å². The van der Waals surface area contributed by atoms with Crippen molar-refractivity contribution in [3.05, 3.63) is 33.4 Å². The SMILES string of the molecule is CC(C)(C)OC(=O)NCC#Cc1cc([N+](=O)[O-])cc(C#CCNC(=O)OC(C)(C)C)c1N. The molecule has 0 radical (unpaired) electrons. The number of hydrogen-bond donors (Lipinski definition) is 3. The number of alkyl carbamates (subject to hydrolysis) is 2. The van der Waals surface area contributed by atoms with Crippen molar-refractivity contribution < 1.29 is 24.0 Å². The highest BCUT2D eigenvalue weighted by Crippen LogP contribution is 2.23. The van der Waals surface area contributed by atoms with Crippen molar-refractivity contribution in [1.82, 2.24) is 10.6 Å². The summed E-state index contributed by atoms with van der Waals surface area (Å²) >= 11 is 0. The molecule has 0 atom stereocenters. The number of benzene rings is 1. The number of ether oxygens (including phenoxy) is 2. The van der Waals surface area contributed by atoms with Gasteiger partial charge in [0, 0.05) is 12.1 Å². The monoisotopic (exact) mass is 444 g/mol. The van der Waals surface area contributed by atoms with Crippen LogP contribution in [0, 0.1) is 33.8 Å². The molecule has 0 saturated heterocycles. The number of nitrogen functional groups attached to an aromatic ring is 1. The number of amides is 2. The number of hydrogen-bond acceptors (Lipinski definition) is 7. The summed E-state index contributed by atoms with van der Waals surface area (Å²) in [6, 6.07) is 2.44. The number of nitro benzene ring substituents is 1. The Morgan fingerprint density at radius 3 is 1.62 bits per heavy atom. The zero-order valence-electron chi connectivity index (χ0n) is 19.0. The van der Waals surface area contributed by atoms with E-state index >= 15 is 0 Å². The van der Waals surface area contributed by atoms with E-state index in [0.717, 1.165) is 0 Å². The Morgan fingerprint density at radius 2 is 1.31 bits per heavy atom. The minimum Gasteiger partial charge on any atom is -0.444 e. The fourth-order valence-electron chi connectivity index (χ4n) is 2.09. The van der Waals surface area contributed by atoms with E-state index in [2.05, 4.69) is 34.3 Å². The van der Waals surface area contributed by atoms with E-state index in [-0.39, 0.29) is 35.6 Å². The molecular formula is C22H28N4O6. The zero-order valence-corrected chi connectivity index (χ0v) is 19.0. The molecule has 2 amide bonds. The Kier molecular flexibility index (Phi) is 8.91. The molecule has 1 rings (SSSR count). The molecule has 0 aliphatic carbocycles. The molecule has 0 saturated carbocycles.